The zero-order valence-corrected chi connectivity index (χ0v) is 11.3. The lowest BCUT2D eigenvalue weighted by molar-refractivity contribution is -0.0168. The van der Waals surface area contributed by atoms with Crippen LogP contribution in [0.1, 0.15) is 40.0 Å². The number of ether oxygens (including phenoxy) is 1. The molecule has 0 saturated carbocycles. The van der Waals surface area contributed by atoms with Gasteiger partial charge in [0.05, 0.1) is 18.0 Å². The van der Waals surface area contributed by atoms with Gasteiger partial charge in [-0.15, -0.1) is 0 Å². The Labute approximate surface area is 99.0 Å². The Balaban J connectivity index is 2.43. The second-order valence-corrected chi connectivity index (χ2v) is 6.69. The molecule has 0 N–H and O–H groups in total. The van der Waals surface area contributed by atoms with Gasteiger partial charge in [-0.3, -0.25) is 0 Å². The smallest absolute Gasteiger partial charge is 0.214 e. The average Bonchev–Trinajstić information content (AvgIpc) is 2.17. The van der Waals surface area contributed by atoms with Crippen molar-refractivity contribution >= 4 is 10.0 Å². The summed E-state index contributed by atoms with van der Waals surface area (Å²) in [6.07, 6.45) is 2.78. The molecule has 1 aliphatic heterocycles. The molecule has 1 aliphatic rings. The molecule has 0 aromatic heterocycles. The van der Waals surface area contributed by atoms with Crippen LogP contribution in [0.2, 0.25) is 0 Å². The highest BCUT2D eigenvalue weighted by Gasteiger charge is 2.27. The Hall–Kier alpha value is -0.130. The van der Waals surface area contributed by atoms with Crippen molar-refractivity contribution in [2.24, 2.45) is 0 Å². The lowest BCUT2D eigenvalue weighted by Crippen LogP contribution is -2.42. The first-order valence-electron chi connectivity index (χ1n) is 6.09. The van der Waals surface area contributed by atoms with E-state index in [1.807, 2.05) is 20.8 Å². The van der Waals surface area contributed by atoms with Gasteiger partial charge in [-0.25, -0.2) is 12.7 Å². The molecule has 16 heavy (non-hydrogen) atoms. The molecule has 0 aromatic carbocycles. The fourth-order valence-corrected chi connectivity index (χ4v) is 3.56. The first kappa shape index (κ1) is 13.9. The van der Waals surface area contributed by atoms with Crippen LogP contribution in [0.4, 0.5) is 0 Å². The van der Waals surface area contributed by atoms with Crippen LogP contribution < -0.4 is 0 Å². The molecule has 0 amide bonds. The number of rotatable bonds is 5. The highest BCUT2D eigenvalue weighted by Crippen LogP contribution is 2.18. The highest BCUT2D eigenvalue weighted by molar-refractivity contribution is 7.89. The molecular formula is C11H23NO3S. The monoisotopic (exact) mass is 249 g/mol. The van der Waals surface area contributed by atoms with Crippen LogP contribution in [0.5, 0.6) is 0 Å². The van der Waals surface area contributed by atoms with Gasteiger partial charge >= 0.3 is 0 Å². The van der Waals surface area contributed by atoms with Gasteiger partial charge in [-0.1, -0.05) is 6.92 Å². The van der Waals surface area contributed by atoms with Gasteiger partial charge < -0.3 is 4.74 Å². The predicted molar refractivity (Wildman–Crippen MR) is 64.9 cm³/mol. The summed E-state index contributed by atoms with van der Waals surface area (Å²) in [5, 5.41) is 0. The molecule has 4 nitrogen and oxygen atoms in total. The number of piperidine rings is 1. The number of hydrogen-bond donors (Lipinski definition) is 0. The fourth-order valence-electron chi connectivity index (χ4n) is 2.02. The van der Waals surface area contributed by atoms with Gasteiger partial charge in [0.15, 0.2) is 0 Å². The van der Waals surface area contributed by atoms with Crippen LogP contribution in [-0.2, 0) is 14.8 Å². The van der Waals surface area contributed by atoms with E-state index < -0.39 is 10.0 Å². The summed E-state index contributed by atoms with van der Waals surface area (Å²) < 4.78 is 30.9. The predicted octanol–water partition coefficient (Wildman–Crippen LogP) is 1.62. The van der Waals surface area contributed by atoms with Gasteiger partial charge in [-0.2, -0.15) is 0 Å². The third kappa shape index (κ3) is 4.03. The number of hydrogen-bond acceptors (Lipinski definition) is 3. The quantitative estimate of drug-likeness (QED) is 0.744. The van der Waals surface area contributed by atoms with Gasteiger partial charge in [0.25, 0.3) is 0 Å². The Morgan fingerprint density at radius 1 is 1.31 bits per heavy atom. The van der Waals surface area contributed by atoms with Crippen LogP contribution in [0.15, 0.2) is 0 Å². The van der Waals surface area contributed by atoms with Gasteiger partial charge in [0.2, 0.25) is 10.0 Å². The molecule has 0 spiro atoms. The molecule has 96 valence electrons. The van der Waals surface area contributed by atoms with Gasteiger partial charge in [-0.05, 0) is 33.1 Å². The Kier molecular flexibility index (Phi) is 5.21. The van der Waals surface area contributed by atoms with E-state index >= 15 is 0 Å². The van der Waals surface area contributed by atoms with Crippen LogP contribution in [0.3, 0.4) is 0 Å². The second kappa shape index (κ2) is 5.98. The van der Waals surface area contributed by atoms with E-state index in [9.17, 15) is 8.42 Å². The lowest BCUT2D eigenvalue weighted by Gasteiger charge is -2.32. The first-order chi connectivity index (χ1) is 7.45. The minimum absolute atomic E-state index is 0.226. The number of nitrogens with zero attached hydrogens (tertiary/aromatic N) is 1. The first-order valence-corrected chi connectivity index (χ1v) is 7.70. The standard InChI is InChI=1S/C11H23NO3S/c1-4-9-16(13,14)12-7-5-11(6-8-12)15-10(2)3/h10-11H,4-9H2,1-3H3. The van der Waals surface area contributed by atoms with Crippen molar-refractivity contribution in [2.45, 2.75) is 52.2 Å². The van der Waals surface area contributed by atoms with Crippen LogP contribution in [0, 0.1) is 0 Å². The third-order valence-electron chi connectivity index (χ3n) is 2.72. The van der Waals surface area contributed by atoms with E-state index in [0.717, 1.165) is 12.8 Å². The number of sulfonamides is 1. The third-order valence-corrected chi connectivity index (χ3v) is 4.80. The topological polar surface area (TPSA) is 46.6 Å². The maximum absolute atomic E-state index is 11.8. The Bertz CT molecular complexity index is 292. The van der Waals surface area contributed by atoms with Crippen molar-refractivity contribution < 1.29 is 13.2 Å². The molecule has 1 saturated heterocycles. The van der Waals surface area contributed by atoms with E-state index in [1.165, 1.54) is 0 Å². The highest BCUT2D eigenvalue weighted by atomic mass is 32.2. The van der Waals surface area contributed by atoms with Gasteiger partial charge in [0, 0.05) is 13.1 Å². The fraction of sp³-hybridized carbons (Fsp3) is 1.00. The van der Waals surface area contributed by atoms with Crippen molar-refractivity contribution in [1.82, 2.24) is 4.31 Å². The summed E-state index contributed by atoms with van der Waals surface area (Å²) in [6.45, 7) is 7.14. The zero-order valence-electron chi connectivity index (χ0n) is 10.5. The van der Waals surface area contributed by atoms with E-state index in [0.29, 0.717) is 19.5 Å². The van der Waals surface area contributed by atoms with Crippen LogP contribution in [-0.4, -0.2) is 43.8 Å². The summed E-state index contributed by atoms with van der Waals surface area (Å²) in [4.78, 5) is 0. The van der Waals surface area contributed by atoms with Crippen molar-refractivity contribution in [2.75, 3.05) is 18.8 Å². The van der Waals surface area contributed by atoms with Crippen LogP contribution >= 0.6 is 0 Å². The summed E-state index contributed by atoms with van der Waals surface area (Å²) >= 11 is 0. The summed E-state index contributed by atoms with van der Waals surface area (Å²) in [5.74, 6) is 0.267. The molecule has 0 bridgehead atoms. The maximum atomic E-state index is 11.8. The van der Waals surface area contributed by atoms with Crippen molar-refractivity contribution in [3.8, 4) is 0 Å². The minimum atomic E-state index is -3.01. The van der Waals surface area contributed by atoms with Crippen LogP contribution in [0.25, 0.3) is 0 Å². The summed E-state index contributed by atoms with van der Waals surface area (Å²) in [6, 6.07) is 0. The second-order valence-electron chi connectivity index (χ2n) is 4.60. The van der Waals surface area contributed by atoms with Crippen molar-refractivity contribution in [1.29, 1.82) is 0 Å². The van der Waals surface area contributed by atoms with Crippen molar-refractivity contribution in [3.05, 3.63) is 0 Å². The van der Waals surface area contributed by atoms with Crippen molar-refractivity contribution in [3.63, 3.8) is 0 Å². The molecule has 0 unspecified atom stereocenters. The molecule has 5 heteroatoms. The van der Waals surface area contributed by atoms with E-state index in [4.69, 9.17) is 4.74 Å². The molecular weight excluding hydrogens is 226 g/mol. The Morgan fingerprint density at radius 3 is 2.31 bits per heavy atom. The normalized spacial score (nSPS) is 20.5. The molecule has 1 heterocycles. The van der Waals surface area contributed by atoms with Gasteiger partial charge in [0.1, 0.15) is 0 Å². The largest absolute Gasteiger partial charge is 0.375 e. The Morgan fingerprint density at radius 2 is 1.88 bits per heavy atom. The molecule has 0 aromatic rings. The molecule has 0 radical (unpaired) electrons. The van der Waals surface area contributed by atoms with E-state index in [-0.39, 0.29) is 18.0 Å². The maximum Gasteiger partial charge on any atom is 0.214 e. The molecule has 1 fully saturated rings. The summed E-state index contributed by atoms with van der Waals surface area (Å²) in [7, 11) is -3.01. The average molecular weight is 249 g/mol. The molecule has 1 rings (SSSR count). The van der Waals surface area contributed by atoms with E-state index in [1.54, 1.807) is 4.31 Å². The summed E-state index contributed by atoms with van der Waals surface area (Å²) in [5.41, 5.74) is 0. The zero-order chi connectivity index (χ0) is 12.2. The minimum Gasteiger partial charge on any atom is -0.375 e. The lowest BCUT2D eigenvalue weighted by atomic mass is 10.1. The molecule has 0 atom stereocenters. The molecule has 0 aliphatic carbocycles. The SMILES string of the molecule is CCCS(=O)(=O)N1CCC(OC(C)C)CC1. The van der Waals surface area contributed by atoms with E-state index in [2.05, 4.69) is 0 Å².